The third-order valence-corrected chi connectivity index (χ3v) is 9.65. The number of carbonyl (C=O) groups excluding carboxylic acids is 1. The lowest BCUT2D eigenvalue weighted by Gasteiger charge is -2.22. The second-order valence-electron chi connectivity index (χ2n) is 13.9. The Balaban J connectivity index is 1.41. The maximum Gasteiger partial charge on any atom is 0.309 e. The van der Waals surface area contributed by atoms with Crippen LogP contribution in [0.25, 0.3) is 0 Å². The van der Waals surface area contributed by atoms with E-state index in [4.69, 9.17) is 9.47 Å². The van der Waals surface area contributed by atoms with Gasteiger partial charge in [0.1, 0.15) is 0 Å². The number of cyclic esters (lactones) is 1. The van der Waals surface area contributed by atoms with Gasteiger partial charge in [0, 0.05) is 0 Å². The molecule has 7 nitrogen and oxygen atoms in total. The SMILES string of the molecule is CCCCCCCCCC/C=C\CC[C@@H](O)[C@H]1CC[C@H]([C@H](O)CCCCCCC(O)CCC[C@@H](O)CC2C[C@H](C)OC2=O)O1. The van der Waals surface area contributed by atoms with Crippen molar-refractivity contribution >= 4 is 5.97 Å². The van der Waals surface area contributed by atoms with Crippen molar-refractivity contribution in [3.63, 3.8) is 0 Å². The molecule has 0 aliphatic carbocycles. The molecule has 0 bridgehead atoms. The molecule has 2 aliphatic heterocycles. The number of aliphatic hydroxyl groups excluding tert-OH is 4. The van der Waals surface area contributed by atoms with Gasteiger partial charge in [0.2, 0.25) is 0 Å². The Morgan fingerprint density at radius 3 is 1.89 bits per heavy atom. The Morgan fingerprint density at radius 1 is 0.682 bits per heavy atom. The molecule has 0 amide bonds. The van der Waals surface area contributed by atoms with E-state index in [9.17, 15) is 25.2 Å². The average Bonchev–Trinajstić information content (AvgIpc) is 3.61. The van der Waals surface area contributed by atoms with Crippen LogP contribution < -0.4 is 0 Å². The second-order valence-corrected chi connectivity index (χ2v) is 13.9. The number of esters is 1. The predicted molar refractivity (Wildman–Crippen MR) is 177 cm³/mol. The van der Waals surface area contributed by atoms with Gasteiger partial charge >= 0.3 is 5.97 Å². The molecule has 8 atom stereocenters. The molecule has 2 saturated heterocycles. The zero-order chi connectivity index (χ0) is 32.0. The zero-order valence-electron chi connectivity index (χ0n) is 28.3. The highest BCUT2D eigenvalue weighted by molar-refractivity contribution is 5.74. The molecule has 4 N–H and O–H groups in total. The minimum atomic E-state index is -0.518. The van der Waals surface area contributed by atoms with E-state index in [1.54, 1.807) is 0 Å². The predicted octanol–water partition coefficient (Wildman–Crippen LogP) is 7.70. The smallest absolute Gasteiger partial charge is 0.309 e. The summed E-state index contributed by atoms with van der Waals surface area (Å²) < 4.78 is 11.2. The van der Waals surface area contributed by atoms with E-state index in [0.29, 0.717) is 38.5 Å². The number of carbonyl (C=O) groups is 1. The summed E-state index contributed by atoms with van der Waals surface area (Å²) in [5, 5.41) is 41.8. The summed E-state index contributed by atoms with van der Waals surface area (Å²) in [6, 6.07) is 0. The summed E-state index contributed by atoms with van der Waals surface area (Å²) in [6.07, 6.45) is 25.9. The Morgan fingerprint density at radius 2 is 1.23 bits per heavy atom. The first-order valence-electron chi connectivity index (χ1n) is 18.5. The third-order valence-electron chi connectivity index (χ3n) is 9.65. The lowest BCUT2D eigenvalue weighted by atomic mass is 9.95. The number of unbranched alkanes of at least 4 members (excludes halogenated alkanes) is 11. The molecule has 2 rings (SSSR count). The highest BCUT2D eigenvalue weighted by Crippen LogP contribution is 2.29. The number of ether oxygens (including phenoxy) is 2. The van der Waals surface area contributed by atoms with Gasteiger partial charge in [-0.25, -0.2) is 0 Å². The molecule has 2 unspecified atom stereocenters. The largest absolute Gasteiger partial charge is 0.462 e. The highest BCUT2D eigenvalue weighted by atomic mass is 16.6. The highest BCUT2D eigenvalue weighted by Gasteiger charge is 2.34. The molecule has 0 saturated carbocycles. The van der Waals surface area contributed by atoms with Crippen LogP contribution in [0.1, 0.15) is 168 Å². The topological polar surface area (TPSA) is 116 Å². The van der Waals surface area contributed by atoms with Crippen LogP contribution in [0.4, 0.5) is 0 Å². The Bertz CT molecular complexity index is 743. The average molecular weight is 625 g/mol. The first-order chi connectivity index (χ1) is 21.3. The van der Waals surface area contributed by atoms with E-state index in [2.05, 4.69) is 19.1 Å². The van der Waals surface area contributed by atoms with E-state index >= 15 is 0 Å². The van der Waals surface area contributed by atoms with Crippen molar-refractivity contribution in [1.82, 2.24) is 0 Å². The summed E-state index contributed by atoms with van der Waals surface area (Å²) in [4.78, 5) is 11.7. The summed E-state index contributed by atoms with van der Waals surface area (Å²) >= 11 is 0. The molecule has 2 fully saturated rings. The van der Waals surface area contributed by atoms with Crippen molar-refractivity contribution in [3.05, 3.63) is 12.2 Å². The van der Waals surface area contributed by atoms with Crippen LogP contribution in [0, 0.1) is 5.92 Å². The Hall–Kier alpha value is -0.990. The van der Waals surface area contributed by atoms with Crippen molar-refractivity contribution in [2.75, 3.05) is 0 Å². The number of hydrogen-bond donors (Lipinski definition) is 4. The first kappa shape index (κ1) is 39.2. The third kappa shape index (κ3) is 17.6. The monoisotopic (exact) mass is 624 g/mol. The maximum absolute atomic E-state index is 11.7. The number of aliphatic hydroxyl groups is 4. The van der Waals surface area contributed by atoms with Crippen LogP contribution in [0.2, 0.25) is 0 Å². The molecule has 2 aliphatic rings. The molecule has 258 valence electrons. The molecule has 7 heteroatoms. The van der Waals surface area contributed by atoms with Gasteiger partial charge < -0.3 is 29.9 Å². The molecule has 0 radical (unpaired) electrons. The zero-order valence-corrected chi connectivity index (χ0v) is 28.3. The summed E-state index contributed by atoms with van der Waals surface area (Å²) in [6.45, 7) is 4.14. The molecule has 0 aromatic heterocycles. The quantitative estimate of drug-likeness (QED) is 0.0420. The standard InChI is InChI=1S/C37H68O7/c1-3-4-5-6-7-8-9-10-11-12-13-17-23-33(40)35-25-26-36(44-35)34(41)24-18-15-14-16-20-31(38)21-19-22-32(39)28-30-27-29(2)43-37(30)42/h12-13,29-36,38-41H,3-11,14-28H2,1-2H3/b13-12-/t29-,30?,31?,32+,33+,34+,35+,36+/m0/s1. The molecule has 0 aromatic carbocycles. The number of hydrogen-bond acceptors (Lipinski definition) is 7. The summed E-state index contributed by atoms with van der Waals surface area (Å²) in [5.41, 5.74) is 0. The Kier molecular flexibility index (Phi) is 21.6. The fraction of sp³-hybridized carbons (Fsp3) is 0.919. The van der Waals surface area contributed by atoms with Crippen molar-refractivity contribution in [3.8, 4) is 0 Å². The van der Waals surface area contributed by atoms with Gasteiger partial charge in [-0.05, 0) is 90.4 Å². The van der Waals surface area contributed by atoms with Crippen LogP contribution in [0.5, 0.6) is 0 Å². The summed E-state index contributed by atoms with van der Waals surface area (Å²) in [5.74, 6) is -0.385. The van der Waals surface area contributed by atoms with E-state index in [1.807, 2.05) is 6.92 Å². The van der Waals surface area contributed by atoms with Crippen molar-refractivity contribution < 1.29 is 34.7 Å². The fourth-order valence-electron chi connectivity index (χ4n) is 6.82. The first-order valence-corrected chi connectivity index (χ1v) is 18.5. The Labute approximate surface area is 269 Å². The molecule has 0 aromatic rings. The number of allylic oxidation sites excluding steroid dienone is 2. The van der Waals surface area contributed by atoms with Gasteiger partial charge in [0.25, 0.3) is 0 Å². The molecular formula is C37H68O7. The minimum absolute atomic E-state index is 0.0519. The van der Waals surface area contributed by atoms with Crippen molar-refractivity contribution in [2.45, 2.75) is 211 Å². The van der Waals surface area contributed by atoms with Crippen LogP contribution >= 0.6 is 0 Å². The van der Waals surface area contributed by atoms with Crippen LogP contribution in [0.15, 0.2) is 12.2 Å². The van der Waals surface area contributed by atoms with Gasteiger partial charge in [-0.1, -0.05) is 89.7 Å². The van der Waals surface area contributed by atoms with Crippen LogP contribution in [-0.2, 0) is 14.3 Å². The molecular weight excluding hydrogens is 556 g/mol. The lowest BCUT2D eigenvalue weighted by Crippen LogP contribution is -2.30. The van der Waals surface area contributed by atoms with Gasteiger partial charge in [-0.3, -0.25) is 4.79 Å². The molecule has 2 heterocycles. The van der Waals surface area contributed by atoms with Gasteiger partial charge in [-0.15, -0.1) is 0 Å². The van der Waals surface area contributed by atoms with Gasteiger partial charge in [0.05, 0.1) is 48.6 Å². The normalized spacial score (nSPS) is 25.0. The summed E-state index contributed by atoms with van der Waals surface area (Å²) in [7, 11) is 0. The van der Waals surface area contributed by atoms with Crippen LogP contribution in [0.3, 0.4) is 0 Å². The fourth-order valence-corrected chi connectivity index (χ4v) is 6.82. The van der Waals surface area contributed by atoms with E-state index in [-0.39, 0.29) is 36.3 Å². The minimum Gasteiger partial charge on any atom is -0.462 e. The van der Waals surface area contributed by atoms with E-state index < -0.39 is 18.3 Å². The van der Waals surface area contributed by atoms with E-state index in [1.165, 1.54) is 51.4 Å². The molecule has 44 heavy (non-hydrogen) atoms. The van der Waals surface area contributed by atoms with E-state index in [0.717, 1.165) is 64.2 Å². The van der Waals surface area contributed by atoms with Crippen molar-refractivity contribution in [1.29, 1.82) is 0 Å². The lowest BCUT2D eigenvalue weighted by molar-refractivity contribution is -0.144. The van der Waals surface area contributed by atoms with Crippen LogP contribution in [-0.4, -0.2) is 69.1 Å². The number of rotatable bonds is 27. The second kappa shape index (κ2) is 24.2. The van der Waals surface area contributed by atoms with Gasteiger partial charge in [0.15, 0.2) is 0 Å². The van der Waals surface area contributed by atoms with Gasteiger partial charge in [-0.2, -0.15) is 0 Å². The molecule has 0 spiro atoms. The van der Waals surface area contributed by atoms with Crippen molar-refractivity contribution in [2.24, 2.45) is 5.92 Å². The maximum atomic E-state index is 11.7.